The maximum Gasteiger partial charge on any atom is 0.350 e. The zero-order valence-corrected chi connectivity index (χ0v) is 14.2. The lowest BCUT2D eigenvalue weighted by Gasteiger charge is -1.99. The summed E-state index contributed by atoms with van der Waals surface area (Å²) in [5, 5.41) is 5.43. The number of carbonyl (C=O) groups is 1. The molecule has 22 heavy (non-hydrogen) atoms. The van der Waals surface area contributed by atoms with Crippen LogP contribution in [0.4, 0.5) is 5.13 Å². The number of halogens is 2. The van der Waals surface area contributed by atoms with E-state index in [0.717, 1.165) is 0 Å². The molecule has 0 saturated carbocycles. The van der Waals surface area contributed by atoms with Crippen LogP contribution >= 0.6 is 34.5 Å². The molecule has 0 aliphatic heterocycles. The topological polar surface area (TPSA) is 63.6 Å². The first-order valence-electron chi connectivity index (χ1n) is 6.40. The smallest absolute Gasteiger partial charge is 0.350 e. The predicted octanol–water partition coefficient (Wildman–Crippen LogP) is 4.38. The summed E-state index contributed by atoms with van der Waals surface area (Å²) in [4.78, 5) is 16.4. The van der Waals surface area contributed by atoms with Gasteiger partial charge in [-0.15, -0.1) is 0 Å². The van der Waals surface area contributed by atoms with E-state index in [9.17, 15) is 4.79 Å². The van der Waals surface area contributed by atoms with Crippen LogP contribution in [0.5, 0.6) is 0 Å². The zero-order chi connectivity index (χ0) is 16.1. The third-order valence-electron chi connectivity index (χ3n) is 2.60. The van der Waals surface area contributed by atoms with Crippen LogP contribution in [0.25, 0.3) is 0 Å². The number of anilines is 1. The molecule has 8 heteroatoms. The van der Waals surface area contributed by atoms with E-state index in [1.807, 2.05) is 0 Å². The summed E-state index contributed by atoms with van der Waals surface area (Å²) in [7, 11) is 0. The van der Waals surface area contributed by atoms with E-state index in [-0.39, 0.29) is 5.97 Å². The summed E-state index contributed by atoms with van der Waals surface area (Å²) in [6.07, 6.45) is 1.54. The van der Waals surface area contributed by atoms with Gasteiger partial charge in [0.25, 0.3) is 0 Å². The molecule has 1 aromatic heterocycles. The quantitative estimate of drug-likeness (QED) is 0.489. The van der Waals surface area contributed by atoms with Crippen molar-refractivity contribution in [3.8, 4) is 0 Å². The molecule has 1 heterocycles. The zero-order valence-electron chi connectivity index (χ0n) is 11.9. The highest BCUT2D eigenvalue weighted by Crippen LogP contribution is 2.25. The van der Waals surface area contributed by atoms with E-state index in [4.69, 9.17) is 27.9 Å². The molecule has 0 saturated heterocycles. The number of benzene rings is 1. The molecule has 1 aromatic carbocycles. The van der Waals surface area contributed by atoms with Crippen LogP contribution in [0.1, 0.15) is 27.9 Å². The standard InChI is InChI=1S/C14H13Cl2N3O2S/c1-3-21-13(20)12-8(2)18-14(22-12)19-17-7-9-5-4-6-10(15)11(9)16/h4-7H,3H2,1-2H3,(H,18,19)/b17-7-. The average Bonchev–Trinajstić information content (AvgIpc) is 2.85. The highest BCUT2D eigenvalue weighted by atomic mass is 35.5. The fourth-order valence-corrected chi connectivity index (χ4v) is 2.77. The average molecular weight is 358 g/mol. The monoisotopic (exact) mass is 357 g/mol. The van der Waals surface area contributed by atoms with Crippen molar-refractivity contribution in [1.82, 2.24) is 4.98 Å². The Morgan fingerprint density at radius 2 is 2.27 bits per heavy atom. The Labute approximate surface area is 141 Å². The molecule has 0 spiro atoms. The molecular formula is C14H13Cl2N3O2S. The minimum absolute atomic E-state index is 0.324. The number of hydrazone groups is 1. The molecule has 2 rings (SSSR count). The van der Waals surface area contributed by atoms with E-state index in [0.29, 0.717) is 37.9 Å². The van der Waals surface area contributed by atoms with Crippen LogP contribution in [0, 0.1) is 6.92 Å². The minimum atomic E-state index is -0.382. The van der Waals surface area contributed by atoms with Gasteiger partial charge in [0.1, 0.15) is 4.88 Å². The maximum absolute atomic E-state index is 11.7. The van der Waals surface area contributed by atoms with Crippen LogP contribution < -0.4 is 5.43 Å². The van der Waals surface area contributed by atoms with Crippen molar-refractivity contribution in [2.24, 2.45) is 5.10 Å². The summed E-state index contributed by atoms with van der Waals surface area (Å²) >= 11 is 13.2. The van der Waals surface area contributed by atoms with Crippen LogP contribution in [0.3, 0.4) is 0 Å². The van der Waals surface area contributed by atoms with Gasteiger partial charge in [0.2, 0.25) is 5.13 Å². The second kappa shape index (κ2) is 7.58. The summed E-state index contributed by atoms with van der Waals surface area (Å²) in [6.45, 7) is 3.82. The Kier molecular flexibility index (Phi) is 5.76. The number of ether oxygens (including phenoxy) is 1. The molecule has 0 bridgehead atoms. The van der Waals surface area contributed by atoms with Crippen molar-refractivity contribution in [3.05, 3.63) is 44.4 Å². The summed E-state index contributed by atoms with van der Waals surface area (Å²) < 4.78 is 4.96. The van der Waals surface area contributed by atoms with Crippen molar-refractivity contribution in [3.63, 3.8) is 0 Å². The molecule has 5 nitrogen and oxygen atoms in total. The molecule has 0 amide bonds. The van der Waals surface area contributed by atoms with Crippen molar-refractivity contribution in [2.45, 2.75) is 13.8 Å². The number of aromatic nitrogens is 1. The van der Waals surface area contributed by atoms with Crippen molar-refractivity contribution < 1.29 is 9.53 Å². The molecule has 0 aliphatic rings. The van der Waals surface area contributed by atoms with Crippen molar-refractivity contribution in [1.29, 1.82) is 0 Å². The highest BCUT2D eigenvalue weighted by Gasteiger charge is 2.15. The lowest BCUT2D eigenvalue weighted by molar-refractivity contribution is 0.0531. The van der Waals surface area contributed by atoms with Gasteiger partial charge in [0, 0.05) is 5.56 Å². The molecule has 2 aromatic rings. The Bertz CT molecular complexity index is 716. The second-order valence-corrected chi connectivity index (χ2v) is 5.95. The lowest BCUT2D eigenvalue weighted by atomic mass is 10.2. The third kappa shape index (κ3) is 3.97. The number of nitrogens with zero attached hydrogens (tertiary/aromatic N) is 2. The molecule has 116 valence electrons. The van der Waals surface area contributed by atoms with Gasteiger partial charge in [-0.2, -0.15) is 5.10 Å². The van der Waals surface area contributed by atoms with E-state index in [2.05, 4.69) is 15.5 Å². The summed E-state index contributed by atoms with van der Waals surface area (Å²) in [6, 6.07) is 5.27. The predicted molar refractivity (Wildman–Crippen MR) is 90.5 cm³/mol. The number of rotatable bonds is 5. The van der Waals surface area contributed by atoms with Gasteiger partial charge in [-0.3, -0.25) is 5.43 Å². The Balaban J connectivity index is 2.09. The number of esters is 1. The minimum Gasteiger partial charge on any atom is -0.462 e. The van der Waals surface area contributed by atoms with Gasteiger partial charge >= 0.3 is 5.97 Å². The van der Waals surface area contributed by atoms with E-state index >= 15 is 0 Å². The van der Waals surface area contributed by atoms with Crippen LogP contribution in [0.2, 0.25) is 10.0 Å². The largest absolute Gasteiger partial charge is 0.462 e. The van der Waals surface area contributed by atoms with Gasteiger partial charge in [0.05, 0.1) is 28.6 Å². The van der Waals surface area contributed by atoms with Crippen LogP contribution in [-0.4, -0.2) is 23.8 Å². The summed E-state index contributed by atoms with van der Waals surface area (Å²) in [5.41, 5.74) is 4.05. The number of thiazole rings is 1. The first-order chi connectivity index (χ1) is 10.5. The first kappa shape index (κ1) is 16.7. The molecule has 0 unspecified atom stereocenters. The molecule has 0 aliphatic carbocycles. The normalized spacial score (nSPS) is 10.9. The van der Waals surface area contributed by atoms with E-state index in [1.165, 1.54) is 17.6 Å². The van der Waals surface area contributed by atoms with Gasteiger partial charge in [-0.25, -0.2) is 9.78 Å². The van der Waals surface area contributed by atoms with E-state index in [1.54, 1.807) is 32.0 Å². The number of carbonyl (C=O) groups excluding carboxylic acids is 1. The number of hydrogen-bond acceptors (Lipinski definition) is 6. The molecule has 1 N–H and O–H groups in total. The highest BCUT2D eigenvalue weighted by molar-refractivity contribution is 7.17. The van der Waals surface area contributed by atoms with Gasteiger partial charge < -0.3 is 4.74 Å². The molecule has 0 radical (unpaired) electrons. The van der Waals surface area contributed by atoms with Gasteiger partial charge in [-0.1, -0.05) is 46.7 Å². The van der Waals surface area contributed by atoms with Crippen molar-refractivity contribution >= 4 is 51.9 Å². The van der Waals surface area contributed by atoms with Gasteiger partial charge in [0.15, 0.2) is 0 Å². The lowest BCUT2D eigenvalue weighted by Crippen LogP contribution is -2.03. The van der Waals surface area contributed by atoms with Crippen molar-refractivity contribution in [2.75, 3.05) is 12.0 Å². The van der Waals surface area contributed by atoms with Crippen LogP contribution in [0.15, 0.2) is 23.3 Å². The Morgan fingerprint density at radius 1 is 1.50 bits per heavy atom. The number of aryl methyl sites for hydroxylation is 1. The Morgan fingerprint density at radius 3 is 3.00 bits per heavy atom. The number of hydrogen-bond donors (Lipinski definition) is 1. The second-order valence-electron chi connectivity index (χ2n) is 4.17. The fraction of sp³-hybridized carbons (Fsp3) is 0.214. The molecule has 0 atom stereocenters. The molecular weight excluding hydrogens is 345 g/mol. The molecule has 0 fully saturated rings. The van der Waals surface area contributed by atoms with Gasteiger partial charge in [-0.05, 0) is 19.9 Å². The first-order valence-corrected chi connectivity index (χ1v) is 7.97. The fourth-order valence-electron chi connectivity index (χ4n) is 1.61. The maximum atomic E-state index is 11.7. The van der Waals surface area contributed by atoms with Crippen LogP contribution in [-0.2, 0) is 4.74 Å². The third-order valence-corrected chi connectivity index (χ3v) is 4.48. The van der Waals surface area contributed by atoms with E-state index < -0.39 is 0 Å². The summed E-state index contributed by atoms with van der Waals surface area (Å²) in [5.74, 6) is -0.382. The Hall–Kier alpha value is -1.63. The SMILES string of the molecule is CCOC(=O)c1sc(N/N=C\c2cccc(Cl)c2Cl)nc1C. The number of nitrogens with one attached hydrogen (secondary N) is 1.